The molecule has 2 radical (unpaired) electrons. The fraction of sp³-hybridized carbons (Fsp3) is 1.00. The van der Waals surface area contributed by atoms with Gasteiger partial charge in [0.25, 0.3) is 0 Å². The average Bonchev–Trinajstić information content (AvgIpc) is 2.31. The van der Waals surface area contributed by atoms with Gasteiger partial charge in [-0.15, -0.1) is 0 Å². The quantitative estimate of drug-likeness (QED) is 0.443. The van der Waals surface area contributed by atoms with E-state index in [4.69, 9.17) is 22.8 Å². The van der Waals surface area contributed by atoms with Gasteiger partial charge in [-0.25, -0.2) is 0 Å². The van der Waals surface area contributed by atoms with Crippen molar-refractivity contribution in [1.82, 2.24) is 0 Å². The van der Waals surface area contributed by atoms with Crippen LogP contribution in [0.25, 0.3) is 0 Å². The summed E-state index contributed by atoms with van der Waals surface area (Å²) >= 11 is 0. The lowest BCUT2D eigenvalue weighted by atomic mass is 10.9. The van der Waals surface area contributed by atoms with Crippen LogP contribution >= 0.6 is 0 Å². The molecule has 0 aromatic rings. The highest BCUT2D eigenvalue weighted by atomic mass is 28.4. The number of rotatable bonds is 9. The van der Waals surface area contributed by atoms with E-state index < -0.39 is 8.80 Å². The van der Waals surface area contributed by atoms with Gasteiger partial charge in [0, 0.05) is 41.6 Å². The van der Waals surface area contributed by atoms with Gasteiger partial charge >= 0.3 is 8.80 Å². The molecule has 0 N–H and O–H groups in total. The van der Waals surface area contributed by atoms with Crippen molar-refractivity contribution in [3.63, 3.8) is 0 Å². The van der Waals surface area contributed by atoms with Crippen LogP contribution in [0.1, 0.15) is 0 Å². The zero-order chi connectivity index (χ0) is 11.7. The first kappa shape index (κ1) is 15.2. The molecule has 5 nitrogen and oxygen atoms in total. The predicted molar refractivity (Wildman–Crippen MR) is 60.0 cm³/mol. The predicted octanol–water partition coefficient (Wildman–Crippen LogP) is 0.563. The van der Waals surface area contributed by atoms with E-state index in [9.17, 15) is 0 Å². The molecule has 0 aliphatic heterocycles. The van der Waals surface area contributed by atoms with Crippen molar-refractivity contribution < 1.29 is 22.8 Å². The van der Waals surface area contributed by atoms with Crippen LogP contribution in [0, 0.1) is 0 Å². The second kappa shape index (κ2) is 8.39. The van der Waals surface area contributed by atoms with Gasteiger partial charge < -0.3 is 22.8 Å². The van der Waals surface area contributed by atoms with E-state index in [0.29, 0.717) is 9.52 Å². The van der Waals surface area contributed by atoms with Crippen molar-refractivity contribution in [2.24, 2.45) is 0 Å². The summed E-state index contributed by atoms with van der Waals surface area (Å²) in [4.78, 5) is 0. The third kappa shape index (κ3) is 5.20. The maximum atomic E-state index is 5.30. The normalized spacial score (nSPS) is 12.4. The zero-order valence-electron chi connectivity index (χ0n) is 10.0. The topological polar surface area (TPSA) is 46.2 Å². The molecule has 0 amide bonds. The fourth-order valence-corrected chi connectivity index (χ4v) is 4.65. The molecular weight excluding hydrogens is 232 g/mol. The molecule has 0 saturated carbocycles. The first-order valence-corrected chi connectivity index (χ1v) is 7.84. The van der Waals surface area contributed by atoms with Crippen LogP contribution in [0.3, 0.4) is 0 Å². The molecule has 0 spiro atoms. The van der Waals surface area contributed by atoms with E-state index in [0.717, 1.165) is 12.1 Å². The fourth-order valence-electron chi connectivity index (χ4n) is 1.16. The van der Waals surface area contributed by atoms with Crippen LogP contribution in [0.5, 0.6) is 0 Å². The smallest absolute Gasteiger partial charge is 0.377 e. The van der Waals surface area contributed by atoms with Gasteiger partial charge in [0.1, 0.15) is 15.4 Å². The second-order valence-corrected chi connectivity index (χ2v) is 7.27. The lowest BCUT2D eigenvalue weighted by Gasteiger charge is -2.24. The summed E-state index contributed by atoms with van der Waals surface area (Å²) in [6, 6.07) is 1.69. The Bertz CT molecular complexity index is 142. The molecule has 0 bridgehead atoms. The van der Waals surface area contributed by atoms with Crippen LogP contribution in [0.2, 0.25) is 12.1 Å². The van der Waals surface area contributed by atoms with Gasteiger partial charge in [-0.3, -0.25) is 0 Å². The van der Waals surface area contributed by atoms with Crippen molar-refractivity contribution in [1.29, 1.82) is 0 Å². The summed E-state index contributed by atoms with van der Waals surface area (Å²) in [5.41, 5.74) is 0. The lowest BCUT2D eigenvalue weighted by Crippen LogP contribution is -2.43. The number of ether oxygens (including phenoxy) is 2. The monoisotopic (exact) mass is 252 g/mol. The minimum Gasteiger partial charge on any atom is -0.377 e. The Morgan fingerprint density at radius 2 is 1.40 bits per heavy atom. The third-order valence-corrected chi connectivity index (χ3v) is 6.68. The van der Waals surface area contributed by atoms with Gasteiger partial charge in [-0.2, -0.15) is 0 Å². The Hall–Kier alpha value is 0.234. The van der Waals surface area contributed by atoms with Gasteiger partial charge in [0.2, 0.25) is 0 Å². The Labute approximate surface area is 95.2 Å². The highest BCUT2D eigenvalue weighted by Gasteiger charge is 2.37. The molecule has 0 aromatic carbocycles. The molecule has 7 heteroatoms. The summed E-state index contributed by atoms with van der Waals surface area (Å²) in [7, 11) is 6.26. The molecule has 0 atom stereocenters. The standard InChI is InChI=1S/C8H20O5Si2/c1-9-8(10-2)14-6-7-15(11-3,12-4)13-5/h8H,6-7H2,1-5H3. The average molecular weight is 252 g/mol. The molecule has 0 fully saturated rings. The summed E-state index contributed by atoms with van der Waals surface area (Å²) in [5, 5.41) is 0. The number of methoxy groups -OCH3 is 2. The molecule has 0 rings (SSSR count). The second-order valence-electron chi connectivity index (χ2n) is 2.80. The zero-order valence-corrected chi connectivity index (χ0v) is 12.0. The Morgan fingerprint density at radius 3 is 1.73 bits per heavy atom. The SMILES string of the molecule is COC(OC)[Si]CC[Si](OC)(OC)OC. The van der Waals surface area contributed by atoms with Gasteiger partial charge in [0.05, 0.1) is 0 Å². The van der Waals surface area contributed by atoms with Crippen LogP contribution in [0.4, 0.5) is 0 Å². The summed E-state index contributed by atoms with van der Waals surface area (Å²) < 4.78 is 26.1. The highest BCUT2D eigenvalue weighted by molar-refractivity contribution is 6.61. The molecule has 90 valence electrons. The molecule has 0 aromatic heterocycles. The van der Waals surface area contributed by atoms with Crippen LogP contribution in [0.15, 0.2) is 0 Å². The van der Waals surface area contributed by atoms with Crippen molar-refractivity contribution in [3.05, 3.63) is 0 Å². The van der Waals surface area contributed by atoms with E-state index in [1.54, 1.807) is 35.5 Å². The molecule has 0 aliphatic carbocycles. The van der Waals surface area contributed by atoms with Gasteiger partial charge in [-0.1, -0.05) is 6.04 Å². The molecule has 15 heavy (non-hydrogen) atoms. The van der Waals surface area contributed by atoms with E-state index in [2.05, 4.69) is 0 Å². The van der Waals surface area contributed by atoms with E-state index >= 15 is 0 Å². The van der Waals surface area contributed by atoms with E-state index in [-0.39, 0.29) is 5.91 Å². The summed E-state index contributed by atoms with van der Waals surface area (Å²) in [6.45, 7) is 0. The first-order valence-electron chi connectivity index (χ1n) is 4.62. The van der Waals surface area contributed by atoms with Crippen molar-refractivity contribution in [2.45, 2.75) is 18.0 Å². The van der Waals surface area contributed by atoms with Crippen molar-refractivity contribution in [2.75, 3.05) is 35.5 Å². The van der Waals surface area contributed by atoms with Crippen LogP contribution in [-0.2, 0) is 22.8 Å². The largest absolute Gasteiger partial charge is 0.499 e. The van der Waals surface area contributed by atoms with E-state index in [1.807, 2.05) is 0 Å². The maximum absolute atomic E-state index is 5.30. The first-order chi connectivity index (χ1) is 7.17. The van der Waals surface area contributed by atoms with E-state index in [1.165, 1.54) is 0 Å². The Balaban J connectivity index is 3.89. The maximum Gasteiger partial charge on any atom is 0.499 e. The molecule has 0 aliphatic rings. The lowest BCUT2D eigenvalue weighted by molar-refractivity contribution is -0.0440. The highest BCUT2D eigenvalue weighted by Crippen LogP contribution is 2.15. The minimum atomic E-state index is -2.41. The van der Waals surface area contributed by atoms with Crippen LogP contribution < -0.4 is 0 Å². The molecule has 0 saturated heterocycles. The molecule has 0 heterocycles. The van der Waals surface area contributed by atoms with Crippen molar-refractivity contribution in [3.8, 4) is 0 Å². The Kier molecular flexibility index (Phi) is 8.52. The molecular formula is C8H20O5Si2. The Morgan fingerprint density at radius 1 is 0.933 bits per heavy atom. The summed E-state index contributed by atoms with van der Waals surface area (Å²) in [6.07, 6.45) is 0. The van der Waals surface area contributed by atoms with Crippen molar-refractivity contribution >= 4 is 18.3 Å². The third-order valence-electron chi connectivity index (χ3n) is 2.10. The number of hydrogen-bond donors (Lipinski definition) is 0. The summed E-state index contributed by atoms with van der Waals surface area (Å²) in [5.74, 6) is -0.137. The number of hydrogen-bond acceptors (Lipinski definition) is 5. The molecule has 0 unspecified atom stereocenters. The van der Waals surface area contributed by atoms with Gasteiger partial charge in [-0.05, 0) is 0 Å². The van der Waals surface area contributed by atoms with Crippen LogP contribution in [-0.4, -0.2) is 59.8 Å². The minimum absolute atomic E-state index is 0.137. The van der Waals surface area contributed by atoms with Gasteiger partial charge in [0.15, 0.2) is 0 Å².